The minimum Gasteiger partial charge on any atom is -0.657 e. The fourth-order valence-corrected chi connectivity index (χ4v) is 7.13. The van der Waals surface area contributed by atoms with Gasteiger partial charge in [-0.05, 0) is 68.7 Å². The first-order valence-corrected chi connectivity index (χ1v) is 17.9. The van der Waals surface area contributed by atoms with Crippen LogP contribution >= 0.6 is 0 Å². The molecule has 0 radical (unpaired) electrons. The van der Waals surface area contributed by atoms with Crippen molar-refractivity contribution in [1.82, 2.24) is 4.98 Å². The summed E-state index contributed by atoms with van der Waals surface area (Å²) in [7, 11) is 0. The van der Waals surface area contributed by atoms with E-state index in [1.165, 1.54) is 36.4 Å². The Balaban J connectivity index is 0.00000740. The molecule has 0 saturated carbocycles. The van der Waals surface area contributed by atoms with Gasteiger partial charge in [-0.3, -0.25) is 9.98 Å². The van der Waals surface area contributed by atoms with Crippen molar-refractivity contribution in [3.05, 3.63) is 249 Å². The van der Waals surface area contributed by atoms with Gasteiger partial charge in [-0.15, -0.1) is 39.0 Å². The molecule has 0 atom stereocenters. The Labute approximate surface area is 381 Å². The van der Waals surface area contributed by atoms with Crippen molar-refractivity contribution in [3.63, 3.8) is 0 Å². The summed E-state index contributed by atoms with van der Waals surface area (Å²) in [5, 5.41) is -0.172. The van der Waals surface area contributed by atoms with Crippen molar-refractivity contribution in [2.45, 2.75) is 26.2 Å². The second-order valence-electron chi connectivity index (χ2n) is 14.2. The maximum absolute atomic E-state index is 9.39. The molecule has 0 amide bonds. The van der Waals surface area contributed by atoms with E-state index in [-0.39, 0.29) is 110 Å². The summed E-state index contributed by atoms with van der Waals surface area (Å²) in [4.78, 5) is 15.0. The molecule has 3 aliphatic heterocycles. The summed E-state index contributed by atoms with van der Waals surface area (Å²) in [5.74, 6) is 0. The normalized spacial score (nSPS) is 19.7. The molecule has 0 saturated heterocycles. The van der Waals surface area contributed by atoms with Gasteiger partial charge in [0.15, 0.2) is 0 Å². The Hall–Kier alpha value is -6.44. The number of allylic oxidation sites excluding steroid dienone is 4. The van der Waals surface area contributed by atoms with Crippen LogP contribution in [-0.2, 0) is 25.8 Å². The fraction of sp³-hybridized carbons (Fsp3) is 0.0741. The molecule has 0 unspecified atom stereocenters. The van der Waals surface area contributed by atoms with Gasteiger partial charge >= 0.3 is 20.4 Å². The van der Waals surface area contributed by atoms with E-state index >= 15 is 0 Å². The van der Waals surface area contributed by atoms with Gasteiger partial charge < -0.3 is 4.98 Å². The largest absolute Gasteiger partial charge is 2.00 e. The van der Waals surface area contributed by atoms with Crippen LogP contribution in [0, 0.1) is 6.07 Å². The quantitative estimate of drug-likeness (QED) is 0.128. The molecule has 10 rings (SSSR count). The van der Waals surface area contributed by atoms with Crippen molar-refractivity contribution in [2.75, 3.05) is 0 Å². The first kappa shape index (κ1) is 20.8. The molecule has 0 spiro atoms. The number of hydrogen-bond acceptors (Lipinski definition) is 2. The summed E-state index contributed by atoms with van der Waals surface area (Å²) in [6.07, 6.45) is 5.78. The van der Waals surface area contributed by atoms with Crippen LogP contribution in [0.25, 0.3) is 33.4 Å². The zero-order valence-electron chi connectivity index (χ0n) is 50.9. The first-order valence-electron chi connectivity index (χ1n) is 27.9. The Morgan fingerprint density at radius 3 is 1.19 bits per heavy atom. The summed E-state index contributed by atoms with van der Waals surface area (Å²) in [6, 6.07) is -0.259. The Bertz CT molecular complexity index is 3820. The SMILES string of the molecule is [2H]c1c([2H])c([2H])c(C2=C3C=CC(=N3)C(c3c([2H])c([2H])c([2H])c([2H])c3[2H])=c3ccc([n-]3)=C(c3c([2H])c([2H])c([2H])c([2H])c3[2H])C3=NC(=C(c4c([2H])c([2H])c([2H])c([2H])c4[2H])c4[c-]c2c2ccc(C(C)(C)C)ccc4-2)C=C3)c([2H])c1[2H].[Pd+2]. The number of hydrogen-bond donors (Lipinski definition) is 0. The van der Waals surface area contributed by atoms with Gasteiger partial charge in [0.05, 0.1) is 38.8 Å². The molecule has 0 fully saturated rings. The third-order valence-electron chi connectivity index (χ3n) is 9.76. The van der Waals surface area contributed by atoms with Crippen LogP contribution in [0.1, 0.15) is 87.1 Å². The first-order chi connectivity index (χ1) is 36.2. The topological polar surface area (TPSA) is 38.8 Å². The molecule has 5 aromatic rings. The summed E-state index contributed by atoms with van der Waals surface area (Å²) < 4.78 is 179. The van der Waals surface area contributed by atoms with Gasteiger partial charge in [0.1, 0.15) is 0 Å². The van der Waals surface area contributed by atoms with Crippen molar-refractivity contribution in [3.8, 4) is 11.1 Å². The molecule has 4 heteroatoms. The molecular formula is C54H39N3Pd. The third kappa shape index (κ3) is 6.65. The van der Waals surface area contributed by atoms with E-state index < -0.39 is 126 Å². The molecule has 2 aliphatic carbocycles. The Kier molecular flexibility index (Phi) is 5.44. The van der Waals surface area contributed by atoms with Crippen LogP contribution in [0.4, 0.5) is 0 Å². The smallest absolute Gasteiger partial charge is 0.657 e. The van der Waals surface area contributed by atoms with Crippen molar-refractivity contribution < 1.29 is 47.8 Å². The number of nitrogens with zero attached hydrogens (tertiary/aromatic N) is 3. The molecule has 280 valence electrons. The van der Waals surface area contributed by atoms with Crippen molar-refractivity contribution >= 4 is 33.7 Å². The van der Waals surface area contributed by atoms with Gasteiger partial charge in [-0.25, -0.2) is 0 Å². The summed E-state index contributed by atoms with van der Waals surface area (Å²) in [5.41, 5.74) is -1.12. The number of aromatic nitrogens is 1. The standard InChI is InChI=1S/C54H39N3.Pd/c1-54(2,3)39-24-26-40-41(27-25-39)43-34-42(40)50(35-16-8-4-9-17-35)44-28-30-46(55-44)52(37-20-12-6-13-21-37)48-32-33-49(57-48)53(38-22-14-7-15-23-38)47-31-29-45(56-47)51(43)36-18-10-5-11-19-36;/h4-33H,1-3H3;/q-2;+2/i4D,5D,6D,7D,8D,9D,10D,11D,12D,13D,14D,15D,16D,17D,18D,19D,20D,21D,22D,23D;. The second kappa shape index (κ2) is 15.1. The third-order valence-corrected chi connectivity index (χ3v) is 9.76. The van der Waals surface area contributed by atoms with Crippen LogP contribution in [0.2, 0.25) is 0 Å². The summed E-state index contributed by atoms with van der Waals surface area (Å²) in [6.45, 7) is 5.92. The van der Waals surface area contributed by atoms with E-state index in [9.17, 15) is 11.0 Å². The predicted octanol–water partition coefficient (Wildman–Crippen LogP) is 10.5. The van der Waals surface area contributed by atoms with Crippen LogP contribution in [0.5, 0.6) is 0 Å². The van der Waals surface area contributed by atoms with E-state index in [0.29, 0.717) is 11.1 Å². The average Bonchev–Trinajstić information content (AvgIpc) is 4.38. The van der Waals surface area contributed by atoms with Crippen LogP contribution in [0.3, 0.4) is 0 Å². The fourth-order valence-electron chi connectivity index (χ4n) is 7.13. The zero-order chi connectivity index (χ0) is 55.9. The molecule has 4 heterocycles. The van der Waals surface area contributed by atoms with Gasteiger partial charge in [0, 0.05) is 11.4 Å². The zero-order valence-corrected chi connectivity index (χ0v) is 32.5. The molecule has 0 N–H and O–H groups in total. The maximum atomic E-state index is 9.39. The van der Waals surface area contributed by atoms with Crippen LogP contribution in [0.15, 0.2) is 203 Å². The average molecular weight is 856 g/mol. The van der Waals surface area contributed by atoms with Crippen LogP contribution in [-0.4, -0.2) is 11.4 Å². The molecule has 3 nitrogen and oxygen atoms in total. The van der Waals surface area contributed by atoms with Gasteiger partial charge in [-0.1, -0.05) is 189 Å². The van der Waals surface area contributed by atoms with Crippen LogP contribution < -0.4 is 15.7 Å². The molecule has 1 aromatic heterocycles. The molecule has 4 aromatic carbocycles. The monoisotopic (exact) mass is 855 g/mol. The Morgan fingerprint density at radius 2 is 0.828 bits per heavy atom. The molecule has 8 bridgehead atoms. The molecule has 58 heavy (non-hydrogen) atoms. The van der Waals surface area contributed by atoms with Gasteiger partial charge in [0.2, 0.25) is 0 Å². The van der Waals surface area contributed by atoms with E-state index in [2.05, 4.69) is 6.07 Å². The predicted molar refractivity (Wildman–Crippen MR) is 236 cm³/mol. The van der Waals surface area contributed by atoms with E-state index in [1.54, 1.807) is 12.1 Å². The summed E-state index contributed by atoms with van der Waals surface area (Å²) >= 11 is 0. The minimum atomic E-state index is -0.704. The van der Waals surface area contributed by atoms with E-state index in [1.807, 2.05) is 32.9 Å². The second-order valence-corrected chi connectivity index (χ2v) is 14.2. The number of benzene rings is 4. The van der Waals surface area contributed by atoms with Crippen molar-refractivity contribution in [2.24, 2.45) is 9.98 Å². The van der Waals surface area contributed by atoms with E-state index in [4.69, 9.17) is 31.4 Å². The van der Waals surface area contributed by atoms with Gasteiger partial charge in [-0.2, -0.15) is 0 Å². The number of rotatable bonds is 4. The Morgan fingerprint density at radius 1 is 0.466 bits per heavy atom. The maximum Gasteiger partial charge on any atom is 2.00 e. The minimum absolute atomic E-state index is 0. The molecule has 5 aliphatic rings. The van der Waals surface area contributed by atoms with Crippen molar-refractivity contribution in [1.29, 1.82) is 0 Å². The number of fused-ring (bicyclic) bond motifs is 9. The van der Waals surface area contributed by atoms with E-state index in [0.717, 1.165) is 5.56 Å². The molecular weight excluding hydrogens is 797 g/mol. The number of aliphatic imine (C=N–C) groups is 2. The van der Waals surface area contributed by atoms with Gasteiger partial charge in [0.25, 0.3) is 0 Å².